The predicted molar refractivity (Wildman–Crippen MR) is 123 cm³/mol. The number of hydrogen-bond acceptors (Lipinski definition) is 3. The van der Waals surface area contributed by atoms with Crippen molar-refractivity contribution in [2.75, 3.05) is 0 Å². The number of hydrogen-bond donors (Lipinski definition) is 1. The van der Waals surface area contributed by atoms with Gasteiger partial charge in [-0.1, -0.05) is 42.0 Å². The van der Waals surface area contributed by atoms with Crippen LogP contribution in [0.5, 0.6) is 0 Å². The average molecular weight is 414 g/mol. The van der Waals surface area contributed by atoms with Crippen LogP contribution in [-0.2, 0) is 19.6 Å². The highest BCUT2D eigenvalue weighted by Gasteiger charge is 2.10. The summed E-state index contributed by atoms with van der Waals surface area (Å²) >= 11 is 0. The normalized spacial score (nSPS) is 11.1. The molecule has 0 radical (unpaired) electrons. The van der Waals surface area contributed by atoms with Crippen molar-refractivity contribution < 1.29 is 5.11 Å². The van der Waals surface area contributed by atoms with Crippen molar-refractivity contribution in [3.8, 4) is 5.69 Å². The second kappa shape index (κ2) is 8.74. The lowest BCUT2D eigenvalue weighted by atomic mass is 10.0. The maximum atomic E-state index is 13.2. The van der Waals surface area contributed by atoms with Gasteiger partial charge in [0, 0.05) is 30.1 Å². The number of aliphatic hydroxyl groups is 1. The molecule has 2 aromatic carbocycles. The lowest BCUT2D eigenvalue weighted by Gasteiger charge is -2.13. The first-order valence-electron chi connectivity index (χ1n) is 10.4. The van der Waals surface area contributed by atoms with Crippen molar-refractivity contribution >= 4 is 0 Å². The second-order valence-corrected chi connectivity index (χ2v) is 8.17. The van der Waals surface area contributed by atoms with Gasteiger partial charge >= 0.3 is 0 Å². The van der Waals surface area contributed by atoms with Gasteiger partial charge in [0.25, 0.3) is 5.56 Å². The van der Waals surface area contributed by atoms with E-state index in [0.29, 0.717) is 18.5 Å². The van der Waals surface area contributed by atoms with Crippen molar-refractivity contribution in [3.63, 3.8) is 0 Å². The molecule has 5 heteroatoms. The van der Waals surface area contributed by atoms with E-state index in [0.717, 1.165) is 33.6 Å². The van der Waals surface area contributed by atoms with Crippen LogP contribution in [-0.4, -0.2) is 19.2 Å². The van der Waals surface area contributed by atoms with Crippen LogP contribution in [0.3, 0.4) is 0 Å². The number of nitrogens with zero attached hydrogens (tertiary/aromatic N) is 3. The van der Waals surface area contributed by atoms with Gasteiger partial charge < -0.3 is 14.2 Å². The van der Waals surface area contributed by atoms with Crippen LogP contribution in [0, 0.1) is 20.8 Å². The Morgan fingerprint density at radius 1 is 0.903 bits per heavy atom. The third-order valence-electron chi connectivity index (χ3n) is 5.52. The molecule has 0 amide bonds. The Balaban J connectivity index is 1.64. The Bertz CT molecular complexity index is 1270. The lowest BCUT2D eigenvalue weighted by molar-refractivity contribution is 0.280. The van der Waals surface area contributed by atoms with Crippen molar-refractivity contribution in [1.82, 2.24) is 14.1 Å². The van der Waals surface area contributed by atoms with Crippen molar-refractivity contribution in [1.29, 1.82) is 0 Å². The highest BCUT2D eigenvalue weighted by atomic mass is 16.3. The number of aliphatic hydroxyl groups excluding tert-OH is 1. The SMILES string of the molecule is Cc1ccc(Cn2cc(CO)cc(Cc3ccc(-n4cnc(C)c4)c(C)c3)c2=O)cc1. The Kier molecular flexibility index (Phi) is 5.87. The molecule has 158 valence electrons. The molecular formula is C26H27N3O2. The standard InChI is InChI=1S/C26H27N3O2/c1-18-4-6-21(7-5-18)14-28-15-23(16-30)12-24(26(28)31)11-22-8-9-25(19(2)10-22)29-13-20(3)27-17-29/h4-10,12-13,15,17,30H,11,14,16H2,1-3H3. The van der Waals surface area contributed by atoms with E-state index in [2.05, 4.69) is 24.0 Å². The average Bonchev–Trinajstić information content (AvgIpc) is 3.18. The van der Waals surface area contributed by atoms with E-state index in [1.54, 1.807) is 10.8 Å². The highest BCUT2D eigenvalue weighted by Crippen LogP contribution is 2.18. The summed E-state index contributed by atoms with van der Waals surface area (Å²) in [4.78, 5) is 17.5. The van der Waals surface area contributed by atoms with Gasteiger partial charge in [-0.25, -0.2) is 4.98 Å². The molecule has 0 bridgehead atoms. The molecule has 4 aromatic rings. The van der Waals surface area contributed by atoms with E-state index < -0.39 is 0 Å². The zero-order valence-corrected chi connectivity index (χ0v) is 18.2. The summed E-state index contributed by atoms with van der Waals surface area (Å²) in [7, 11) is 0. The molecule has 0 saturated heterocycles. The molecule has 0 aliphatic heterocycles. The summed E-state index contributed by atoms with van der Waals surface area (Å²) in [6.07, 6.45) is 6.08. The molecule has 0 aliphatic rings. The largest absolute Gasteiger partial charge is 0.392 e. The molecule has 5 nitrogen and oxygen atoms in total. The number of imidazole rings is 1. The molecule has 0 unspecified atom stereocenters. The van der Waals surface area contributed by atoms with Gasteiger partial charge in [-0.15, -0.1) is 0 Å². The lowest BCUT2D eigenvalue weighted by Crippen LogP contribution is -2.25. The number of rotatable bonds is 6. The Hall–Kier alpha value is -3.44. The summed E-state index contributed by atoms with van der Waals surface area (Å²) in [6.45, 7) is 6.46. The van der Waals surface area contributed by atoms with E-state index >= 15 is 0 Å². The minimum atomic E-state index is -0.0981. The Labute approximate surface area is 182 Å². The van der Waals surface area contributed by atoms with E-state index in [-0.39, 0.29) is 12.2 Å². The van der Waals surface area contributed by atoms with Gasteiger partial charge in [0.15, 0.2) is 0 Å². The van der Waals surface area contributed by atoms with Gasteiger partial charge in [0.2, 0.25) is 0 Å². The summed E-state index contributed by atoms with van der Waals surface area (Å²) in [5.41, 5.74) is 7.87. The first kappa shape index (κ1) is 20.8. The smallest absolute Gasteiger partial charge is 0.254 e. The van der Waals surface area contributed by atoms with Crippen LogP contribution >= 0.6 is 0 Å². The van der Waals surface area contributed by atoms with E-state index in [9.17, 15) is 9.90 Å². The quantitative estimate of drug-likeness (QED) is 0.518. The van der Waals surface area contributed by atoms with Crippen LogP contribution in [0.4, 0.5) is 0 Å². The fraction of sp³-hybridized carbons (Fsp3) is 0.231. The molecule has 4 rings (SSSR count). The predicted octanol–water partition coefficient (Wildman–Crippen LogP) is 4.09. The van der Waals surface area contributed by atoms with Gasteiger partial charge in [0.1, 0.15) is 0 Å². The first-order chi connectivity index (χ1) is 14.9. The Morgan fingerprint density at radius 3 is 2.29 bits per heavy atom. The molecule has 0 atom stereocenters. The fourth-order valence-electron chi connectivity index (χ4n) is 3.88. The van der Waals surface area contributed by atoms with Crippen LogP contribution < -0.4 is 5.56 Å². The molecular weight excluding hydrogens is 386 g/mol. The summed E-state index contributed by atoms with van der Waals surface area (Å²) < 4.78 is 3.70. The van der Waals surface area contributed by atoms with Gasteiger partial charge in [-0.3, -0.25) is 4.79 Å². The van der Waals surface area contributed by atoms with Crippen LogP contribution in [0.25, 0.3) is 5.69 Å². The van der Waals surface area contributed by atoms with Crippen LogP contribution in [0.15, 0.2) is 72.0 Å². The Morgan fingerprint density at radius 2 is 1.65 bits per heavy atom. The minimum Gasteiger partial charge on any atom is -0.392 e. The third-order valence-corrected chi connectivity index (χ3v) is 5.52. The number of pyridine rings is 1. The zero-order valence-electron chi connectivity index (χ0n) is 18.2. The van der Waals surface area contributed by atoms with Gasteiger partial charge in [0.05, 0.1) is 25.2 Å². The van der Waals surface area contributed by atoms with Crippen molar-refractivity contribution in [3.05, 3.63) is 117 Å². The number of benzene rings is 2. The molecule has 1 N–H and O–H groups in total. The van der Waals surface area contributed by atoms with Gasteiger partial charge in [-0.2, -0.15) is 0 Å². The molecule has 0 fully saturated rings. The van der Waals surface area contributed by atoms with Crippen LogP contribution in [0.2, 0.25) is 0 Å². The molecule has 0 saturated carbocycles. The van der Waals surface area contributed by atoms with Crippen molar-refractivity contribution in [2.45, 2.75) is 40.3 Å². The second-order valence-electron chi connectivity index (χ2n) is 8.17. The summed E-state index contributed by atoms with van der Waals surface area (Å²) in [5.74, 6) is 0. The molecule has 2 aromatic heterocycles. The molecule has 2 heterocycles. The number of aryl methyl sites for hydroxylation is 3. The number of aromatic nitrogens is 3. The monoisotopic (exact) mass is 413 g/mol. The molecule has 0 spiro atoms. The zero-order chi connectivity index (χ0) is 22.0. The highest BCUT2D eigenvalue weighted by molar-refractivity contribution is 5.44. The van der Waals surface area contributed by atoms with E-state index in [4.69, 9.17) is 0 Å². The topological polar surface area (TPSA) is 60.1 Å². The summed E-state index contributed by atoms with van der Waals surface area (Å²) in [5, 5.41) is 9.73. The van der Waals surface area contributed by atoms with E-state index in [1.807, 2.05) is 67.3 Å². The first-order valence-corrected chi connectivity index (χ1v) is 10.4. The molecule has 0 aliphatic carbocycles. The fourth-order valence-corrected chi connectivity index (χ4v) is 3.88. The minimum absolute atomic E-state index is 0.0234. The third kappa shape index (κ3) is 4.67. The van der Waals surface area contributed by atoms with Gasteiger partial charge in [-0.05, 0) is 55.2 Å². The van der Waals surface area contributed by atoms with E-state index in [1.165, 1.54) is 5.56 Å². The maximum Gasteiger partial charge on any atom is 0.254 e. The van der Waals surface area contributed by atoms with Crippen LogP contribution in [0.1, 0.15) is 39.1 Å². The molecule has 31 heavy (non-hydrogen) atoms. The maximum absolute atomic E-state index is 13.2. The summed E-state index contributed by atoms with van der Waals surface area (Å²) in [6, 6.07) is 16.2. The van der Waals surface area contributed by atoms with Crippen molar-refractivity contribution in [2.24, 2.45) is 0 Å².